The summed E-state index contributed by atoms with van der Waals surface area (Å²) in [4.78, 5) is 6.81. The minimum Gasteiger partial charge on any atom is -0.494 e. The molecule has 182 valence electrons. The van der Waals surface area contributed by atoms with Crippen LogP contribution >= 0.6 is 0 Å². The van der Waals surface area contributed by atoms with Crippen molar-refractivity contribution in [3.05, 3.63) is 55.1 Å². The van der Waals surface area contributed by atoms with E-state index in [1.807, 2.05) is 54.7 Å². The summed E-state index contributed by atoms with van der Waals surface area (Å²) >= 11 is 0. The molecule has 7 rings (SSSR count). The van der Waals surface area contributed by atoms with E-state index in [4.69, 9.17) is 14.2 Å². The van der Waals surface area contributed by atoms with Crippen molar-refractivity contribution in [1.29, 1.82) is 0 Å². The minimum absolute atomic E-state index is 0.462. The Labute approximate surface area is 205 Å². The molecule has 8 heteroatoms. The molecular formula is C27H31N5O3. The van der Waals surface area contributed by atoms with Gasteiger partial charge in [-0.3, -0.25) is 9.58 Å². The van der Waals surface area contributed by atoms with Crippen molar-refractivity contribution in [2.75, 3.05) is 26.2 Å². The summed E-state index contributed by atoms with van der Waals surface area (Å²) in [6.07, 6.45) is 8.78. The Bertz CT molecular complexity index is 1300. The summed E-state index contributed by atoms with van der Waals surface area (Å²) in [5.74, 6) is 2.38. The lowest BCUT2D eigenvalue weighted by Gasteiger charge is -2.47. The van der Waals surface area contributed by atoms with E-state index < -0.39 is 0 Å². The fourth-order valence-electron chi connectivity index (χ4n) is 5.15. The Balaban J connectivity index is 1.12. The fourth-order valence-corrected chi connectivity index (χ4v) is 5.15. The summed E-state index contributed by atoms with van der Waals surface area (Å²) in [5.41, 5.74) is 3.07. The first-order valence-corrected chi connectivity index (χ1v) is 12.4. The van der Waals surface area contributed by atoms with Crippen LogP contribution in [0.2, 0.25) is 0 Å². The topological polar surface area (TPSA) is 66.6 Å². The number of piperidine rings is 1. The van der Waals surface area contributed by atoms with Gasteiger partial charge in [0, 0.05) is 50.6 Å². The predicted molar refractivity (Wildman–Crippen MR) is 134 cm³/mol. The number of aryl methyl sites for hydroxylation is 2. The van der Waals surface area contributed by atoms with Crippen LogP contribution in [0.3, 0.4) is 0 Å². The van der Waals surface area contributed by atoms with Gasteiger partial charge in [0.25, 0.3) is 0 Å². The van der Waals surface area contributed by atoms with Gasteiger partial charge in [0.2, 0.25) is 0 Å². The zero-order valence-corrected chi connectivity index (χ0v) is 20.3. The summed E-state index contributed by atoms with van der Waals surface area (Å²) < 4.78 is 22.0. The third-order valence-corrected chi connectivity index (χ3v) is 6.92. The van der Waals surface area contributed by atoms with Gasteiger partial charge in [0.05, 0.1) is 43.2 Å². The normalized spacial score (nSPS) is 19.6. The number of fused-ring (bicyclic) bond motifs is 3. The summed E-state index contributed by atoms with van der Waals surface area (Å²) in [6, 6.07) is 12.0. The molecule has 8 nitrogen and oxygen atoms in total. The number of hydrogen-bond donors (Lipinski definition) is 0. The van der Waals surface area contributed by atoms with Gasteiger partial charge in [0.15, 0.2) is 5.75 Å². The zero-order valence-electron chi connectivity index (χ0n) is 20.3. The summed E-state index contributed by atoms with van der Waals surface area (Å²) in [5, 5.41) is 5.47. The standard InChI is InChI=1S/C27H31N5O3/c1-3-32-18-28-15-25(32)19-11-20-14-29-30(2)27(20)26(12-19)35-22-7-5-21(6-8-22)33-10-4-9-31-16-23-13-24(17-31)34-23/h5-8,11-12,14-15,18,23-24H,3-4,9-10,13,16-17H2,1-2H3. The highest BCUT2D eigenvalue weighted by Crippen LogP contribution is 2.35. The van der Waals surface area contributed by atoms with Crippen LogP contribution in [0.25, 0.3) is 22.2 Å². The smallest absolute Gasteiger partial charge is 0.153 e. The first-order valence-electron chi connectivity index (χ1n) is 12.4. The van der Waals surface area contributed by atoms with Gasteiger partial charge in [-0.25, -0.2) is 4.98 Å². The maximum Gasteiger partial charge on any atom is 0.153 e. The molecule has 0 amide bonds. The molecule has 3 aliphatic rings. The van der Waals surface area contributed by atoms with Gasteiger partial charge in [-0.1, -0.05) is 0 Å². The Kier molecular flexibility index (Phi) is 5.91. The summed E-state index contributed by atoms with van der Waals surface area (Å²) in [7, 11) is 1.93. The number of nitrogens with zero attached hydrogens (tertiary/aromatic N) is 5. The molecule has 0 spiro atoms. The first kappa shape index (κ1) is 22.1. The van der Waals surface area contributed by atoms with Crippen LogP contribution < -0.4 is 9.47 Å². The molecular weight excluding hydrogens is 442 g/mol. The fraction of sp³-hybridized carbons (Fsp3) is 0.407. The van der Waals surface area contributed by atoms with Gasteiger partial charge in [-0.15, -0.1) is 0 Å². The van der Waals surface area contributed by atoms with Gasteiger partial charge >= 0.3 is 0 Å². The predicted octanol–water partition coefficient (Wildman–Crippen LogP) is 4.49. The van der Waals surface area contributed by atoms with E-state index in [2.05, 4.69) is 38.6 Å². The Morgan fingerprint density at radius 1 is 1.06 bits per heavy atom. The second kappa shape index (κ2) is 9.36. The molecule has 0 N–H and O–H groups in total. The van der Waals surface area contributed by atoms with E-state index in [1.165, 1.54) is 6.42 Å². The van der Waals surface area contributed by atoms with Crippen molar-refractivity contribution >= 4 is 10.9 Å². The van der Waals surface area contributed by atoms with Gasteiger partial charge < -0.3 is 18.8 Å². The maximum absolute atomic E-state index is 6.35. The van der Waals surface area contributed by atoms with Crippen molar-refractivity contribution in [3.63, 3.8) is 0 Å². The van der Waals surface area contributed by atoms with Crippen LogP contribution in [-0.4, -0.2) is 62.7 Å². The maximum atomic E-state index is 6.35. The average Bonchev–Trinajstić information content (AvgIpc) is 3.49. The molecule has 0 aliphatic carbocycles. The number of aromatic nitrogens is 4. The molecule has 3 aliphatic heterocycles. The van der Waals surface area contributed by atoms with E-state index in [-0.39, 0.29) is 0 Å². The highest BCUT2D eigenvalue weighted by atomic mass is 16.5. The van der Waals surface area contributed by atoms with Gasteiger partial charge in [-0.05, 0) is 49.7 Å². The van der Waals surface area contributed by atoms with E-state index in [0.717, 1.165) is 72.0 Å². The molecule has 2 aromatic carbocycles. The monoisotopic (exact) mass is 473 g/mol. The van der Waals surface area contributed by atoms with Crippen molar-refractivity contribution in [3.8, 4) is 28.5 Å². The average molecular weight is 474 g/mol. The lowest BCUT2D eigenvalue weighted by molar-refractivity contribution is -0.180. The third kappa shape index (κ3) is 4.51. The number of rotatable bonds is 9. The molecule has 2 bridgehead atoms. The Morgan fingerprint density at radius 3 is 2.60 bits per heavy atom. The van der Waals surface area contributed by atoms with Crippen LogP contribution in [0.1, 0.15) is 19.8 Å². The van der Waals surface area contributed by atoms with Crippen molar-refractivity contribution in [1.82, 2.24) is 24.2 Å². The first-order chi connectivity index (χ1) is 17.2. The molecule has 3 fully saturated rings. The van der Waals surface area contributed by atoms with Crippen LogP contribution in [0.5, 0.6) is 17.2 Å². The van der Waals surface area contributed by atoms with Crippen molar-refractivity contribution in [2.24, 2.45) is 7.05 Å². The van der Waals surface area contributed by atoms with E-state index in [0.29, 0.717) is 18.8 Å². The largest absolute Gasteiger partial charge is 0.494 e. The number of imidazole rings is 1. The number of ether oxygens (including phenoxy) is 3. The summed E-state index contributed by atoms with van der Waals surface area (Å²) in [6.45, 7) is 6.86. The van der Waals surface area contributed by atoms with Crippen LogP contribution in [0.15, 0.2) is 55.1 Å². The zero-order chi connectivity index (χ0) is 23.8. The molecule has 35 heavy (non-hydrogen) atoms. The molecule has 2 atom stereocenters. The molecule has 0 radical (unpaired) electrons. The van der Waals surface area contributed by atoms with Gasteiger partial charge in [0.1, 0.15) is 17.0 Å². The lowest BCUT2D eigenvalue weighted by Crippen LogP contribution is -2.57. The second-order valence-electron chi connectivity index (χ2n) is 9.40. The quantitative estimate of drug-likeness (QED) is 0.334. The number of hydrogen-bond acceptors (Lipinski definition) is 6. The molecule has 5 heterocycles. The second-order valence-corrected chi connectivity index (χ2v) is 9.40. The van der Waals surface area contributed by atoms with Crippen molar-refractivity contribution < 1.29 is 14.2 Å². The van der Waals surface area contributed by atoms with E-state index >= 15 is 0 Å². The number of morpholine rings is 1. The van der Waals surface area contributed by atoms with Crippen LogP contribution in [0, 0.1) is 0 Å². The van der Waals surface area contributed by atoms with Gasteiger partial charge in [-0.2, -0.15) is 5.10 Å². The molecule has 2 unspecified atom stereocenters. The third-order valence-electron chi connectivity index (χ3n) is 6.92. The van der Waals surface area contributed by atoms with E-state index in [9.17, 15) is 0 Å². The highest BCUT2D eigenvalue weighted by molar-refractivity contribution is 5.89. The molecule has 3 saturated heterocycles. The lowest BCUT2D eigenvalue weighted by atomic mass is 9.99. The SMILES string of the molecule is CCn1cncc1-c1cc(Oc2ccc(OCCCN3CC4CC(C3)O4)cc2)c2c(cnn2C)c1. The highest BCUT2D eigenvalue weighted by Gasteiger charge is 2.37. The van der Waals surface area contributed by atoms with Crippen molar-refractivity contribution in [2.45, 2.75) is 38.5 Å². The number of benzene rings is 2. The molecule has 2 aromatic heterocycles. The minimum atomic E-state index is 0.462. The van der Waals surface area contributed by atoms with Crippen LogP contribution in [-0.2, 0) is 18.3 Å². The van der Waals surface area contributed by atoms with E-state index in [1.54, 1.807) is 0 Å². The Hall–Kier alpha value is -3.36. The molecule has 4 aromatic rings. The van der Waals surface area contributed by atoms with Crippen LogP contribution in [0.4, 0.5) is 0 Å². The molecule has 0 saturated carbocycles. The Morgan fingerprint density at radius 2 is 1.83 bits per heavy atom.